The van der Waals surface area contributed by atoms with Gasteiger partial charge in [-0.2, -0.15) is 0 Å². The second kappa shape index (κ2) is 8.45. The number of phenols is 2. The van der Waals surface area contributed by atoms with Gasteiger partial charge in [-0.3, -0.25) is 0 Å². The Morgan fingerprint density at radius 1 is 0.286 bits per heavy atom. The Morgan fingerprint density at radius 2 is 0.690 bits per heavy atom. The van der Waals surface area contributed by atoms with Crippen molar-refractivity contribution in [3.05, 3.63) is 133 Å². The predicted molar refractivity (Wildman–Crippen MR) is 178 cm³/mol. The average molecular weight is 537 g/mol. The van der Waals surface area contributed by atoms with Crippen LogP contribution in [0.1, 0.15) is 0 Å². The molecule has 9 rings (SSSR count). The summed E-state index contributed by atoms with van der Waals surface area (Å²) in [7, 11) is 0. The molecular weight excluding hydrogens is 512 g/mol. The van der Waals surface area contributed by atoms with Crippen LogP contribution in [0.2, 0.25) is 0 Å². The van der Waals surface area contributed by atoms with Gasteiger partial charge in [0.05, 0.1) is 0 Å². The molecule has 0 saturated heterocycles. The van der Waals surface area contributed by atoms with Crippen molar-refractivity contribution >= 4 is 75.4 Å². The lowest BCUT2D eigenvalue weighted by Gasteiger charge is -2.13. The van der Waals surface area contributed by atoms with Crippen LogP contribution in [0.15, 0.2) is 133 Å². The van der Waals surface area contributed by atoms with Crippen LogP contribution in [0, 0.1) is 0 Å². The molecule has 196 valence electrons. The monoisotopic (exact) mass is 536 g/mol. The maximum atomic E-state index is 10.6. The maximum absolute atomic E-state index is 10.6. The lowest BCUT2D eigenvalue weighted by Crippen LogP contribution is -1.86. The van der Waals surface area contributed by atoms with Crippen molar-refractivity contribution in [3.63, 3.8) is 0 Å². The van der Waals surface area contributed by atoms with Crippen molar-refractivity contribution in [3.8, 4) is 22.6 Å². The first kappa shape index (κ1) is 23.1. The van der Waals surface area contributed by atoms with Gasteiger partial charge in [-0.05, 0) is 148 Å². The summed E-state index contributed by atoms with van der Waals surface area (Å²) in [5, 5.41) is 37.6. The molecule has 0 fully saturated rings. The summed E-state index contributed by atoms with van der Waals surface area (Å²) in [5.74, 6) is -0.210. The third-order valence-electron chi connectivity index (χ3n) is 8.87. The number of hydrogen-bond donors (Lipinski definition) is 2. The largest absolute Gasteiger partial charge is 0.504 e. The molecule has 0 atom stereocenters. The standard InChI is InChI=1S/C40H24O2/c41-39-10-4-9-35(40(39)42)34-8-3-7-25-15-30-16-26-11-12-27-17-31-18-28-13-23-5-1-2-6-24(23)14-29(28)19-32(31)20-37(27)38(26)22-33(30)21-36(25)34/h1-22,41-42H. The number of fused-ring (bicyclic) bond motifs is 8. The molecule has 0 aromatic heterocycles. The fourth-order valence-electron chi connectivity index (χ4n) is 6.76. The number of aromatic hydroxyl groups is 2. The quantitative estimate of drug-likeness (QED) is 0.124. The maximum Gasteiger partial charge on any atom is 0.165 e. The molecule has 2 N–H and O–H groups in total. The zero-order valence-corrected chi connectivity index (χ0v) is 22.6. The number of rotatable bonds is 1. The predicted octanol–water partition coefficient (Wildman–Crippen LogP) is 10.8. The fourth-order valence-corrected chi connectivity index (χ4v) is 6.76. The van der Waals surface area contributed by atoms with Gasteiger partial charge >= 0.3 is 0 Å². The van der Waals surface area contributed by atoms with E-state index in [1.807, 2.05) is 18.2 Å². The zero-order chi connectivity index (χ0) is 27.9. The molecular formula is C40H24O2. The van der Waals surface area contributed by atoms with Gasteiger partial charge in [0, 0.05) is 5.56 Å². The van der Waals surface area contributed by atoms with Crippen molar-refractivity contribution < 1.29 is 10.2 Å². The molecule has 0 spiro atoms. The molecule has 0 radical (unpaired) electrons. The molecule has 0 amide bonds. The summed E-state index contributed by atoms with van der Waals surface area (Å²) in [4.78, 5) is 0. The lowest BCUT2D eigenvalue weighted by molar-refractivity contribution is 0.405. The number of benzene rings is 9. The van der Waals surface area contributed by atoms with E-state index >= 15 is 0 Å². The molecule has 0 unspecified atom stereocenters. The molecule has 0 heterocycles. The van der Waals surface area contributed by atoms with Crippen molar-refractivity contribution in [2.45, 2.75) is 0 Å². The molecule has 9 aromatic carbocycles. The van der Waals surface area contributed by atoms with E-state index < -0.39 is 0 Å². The van der Waals surface area contributed by atoms with Crippen LogP contribution in [0.5, 0.6) is 11.5 Å². The Hall–Kier alpha value is -5.60. The molecule has 0 aliphatic carbocycles. The zero-order valence-electron chi connectivity index (χ0n) is 22.6. The first-order valence-electron chi connectivity index (χ1n) is 14.2. The van der Waals surface area contributed by atoms with Crippen molar-refractivity contribution in [1.29, 1.82) is 0 Å². The second-order valence-electron chi connectivity index (χ2n) is 11.4. The van der Waals surface area contributed by atoms with E-state index in [1.165, 1.54) is 65.3 Å². The van der Waals surface area contributed by atoms with Gasteiger partial charge in [-0.15, -0.1) is 0 Å². The molecule has 0 aliphatic heterocycles. The summed E-state index contributed by atoms with van der Waals surface area (Å²) in [6.07, 6.45) is 0. The fraction of sp³-hybridized carbons (Fsp3) is 0. The topological polar surface area (TPSA) is 40.5 Å². The van der Waals surface area contributed by atoms with Gasteiger partial charge < -0.3 is 10.2 Å². The third-order valence-corrected chi connectivity index (χ3v) is 8.87. The third kappa shape index (κ3) is 3.39. The van der Waals surface area contributed by atoms with E-state index in [1.54, 1.807) is 6.07 Å². The Balaban J connectivity index is 1.30. The van der Waals surface area contributed by atoms with Crippen LogP contribution in [-0.4, -0.2) is 10.2 Å². The van der Waals surface area contributed by atoms with Gasteiger partial charge in [-0.1, -0.05) is 66.7 Å². The van der Waals surface area contributed by atoms with Crippen molar-refractivity contribution in [2.75, 3.05) is 0 Å². The number of hydrogen-bond acceptors (Lipinski definition) is 2. The highest BCUT2D eigenvalue weighted by Gasteiger charge is 2.13. The summed E-state index contributed by atoms with van der Waals surface area (Å²) in [6.45, 7) is 0. The second-order valence-corrected chi connectivity index (χ2v) is 11.4. The minimum Gasteiger partial charge on any atom is -0.504 e. The van der Waals surface area contributed by atoms with Gasteiger partial charge in [0.2, 0.25) is 0 Å². The molecule has 0 aliphatic rings. The number of para-hydroxylation sites is 1. The van der Waals surface area contributed by atoms with E-state index in [2.05, 4.69) is 103 Å². The van der Waals surface area contributed by atoms with Crippen LogP contribution >= 0.6 is 0 Å². The molecule has 2 nitrogen and oxygen atoms in total. The van der Waals surface area contributed by atoms with Gasteiger partial charge in [0.15, 0.2) is 11.5 Å². The summed E-state index contributed by atoms with van der Waals surface area (Å²) < 4.78 is 0. The summed E-state index contributed by atoms with van der Waals surface area (Å²) in [6, 6.07) is 47.1. The lowest BCUT2D eigenvalue weighted by atomic mass is 9.92. The van der Waals surface area contributed by atoms with E-state index in [4.69, 9.17) is 0 Å². The van der Waals surface area contributed by atoms with Crippen LogP contribution in [0.25, 0.3) is 86.5 Å². The first-order valence-corrected chi connectivity index (χ1v) is 14.2. The van der Waals surface area contributed by atoms with Gasteiger partial charge in [0.1, 0.15) is 0 Å². The Bertz CT molecular complexity index is 2590. The molecule has 2 heteroatoms. The smallest absolute Gasteiger partial charge is 0.165 e. The van der Waals surface area contributed by atoms with E-state index in [0.717, 1.165) is 21.7 Å². The highest BCUT2D eigenvalue weighted by Crippen LogP contribution is 2.41. The van der Waals surface area contributed by atoms with Crippen molar-refractivity contribution in [1.82, 2.24) is 0 Å². The van der Waals surface area contributed by atoms with Crippen LogP contribution in [0.3, 0.4) is 0 Å². The first-order chi connectivity index (χ1) is 20.6. The molecule has 42 heavy (non-hydrogen) atoms. The molecule has 9 aromatic rings. The Kier molecular flexibility index (Phi) is 4.66. The SMILES string of the molecule is Oc1cccc(-c2cccc3cc4cc5ccc6cc7cc8cc9ccccc9cc8cc7cc6c5cc4cc23)c1O. The Labute approximate surface area is 241 Å². The van der Waals surface area contributed by atoms with Crippen LogP contribution in [0.4, 0.5) is 0 Å². The van der Waals surface area contributed by atoms with Gasteiger partial charge in [-0.25, -0.2) is 0 Å². The summed E-state index contributed by atoms with van der Waals surface area (Å²) in [5.41, 5.74) is 1.52. The van der Waals surface area contributed by atoms with Gasteiger partial charge in [0.25, 0.3) is 0 Å². The molecule has 0 saturated carbocycles. The minimum atomic E-state index is -0.115. The number of phenolic OH excluding ortho intramolecular Hbond substituents is 2. The Morgan fingerprint density at radius 3 is 1.31 bits per heavy atom. The molecule has 0 bridgehead atoms. The van der Waals surface area contributed by atoms with E-state index in [0.29, 0.717) is 5.56 Å². The van der Waals surface area contributed by atoms with Crippen LogP contribution in [-0.2, 0) is 0 Å². The van der Waals surface area contributed by atoms with E-state index in [-0.39, 0.29) is 11.5 Å². The minimum absolute atomic E-state index is 0.0954. The van der Waals surface area contributed by atoms with E-state index in [9.17, 15) is 10.2 Å². The van der Waals surface area contributed by atoms with Crippen molar-refractivity contribution in [2.24, 2.45) is 0 Å². The average Bonchev–Trinajstić information content (AvgIpc) is 3.01. The highest BCUT2D eigenvalue weighted by molar-refractivity contribution is 6.18. The van der Waals surface area contributed by atoms with Crippen LogP contribution < -0.4 is 0 Å². The normalized spacial score (nSPS) is 12.0. The highest BCUT2D eigenvalue weighted by atomic mass is 16.3. The summed E-state index contributed by atoms with van der Waals surface area (Å²) >= 11 is 0.